The summed E-state index contributed by atoms with van der Waals surface area (Å²) in [4.78, 5) is 53.7. The second kappa shape index (κ2) is 16.0. The van der Waals surface area contributed by atoms with Crippen LogP contribution in [0.25, 0.3) is 49.2 Å². The van der Waals surface area contributed by atoms with Crippen molar-refractivity contribution in [3.05, 3.63) is 66.0 Å². The maximum Gasteiger partial charge on any atom is 0.224 e. The molecular weight excluding hydrogens is 727 g/mol. The van der Waals surface area contributed by atoms with Gasteiger partial charge in [0.15, 0.2) is 24.2 Å². The lowest BCUT2D eigenvalue weighted by atomic mass is 9.80. The highest BCUT2D eigenvalue weighted by molar-refractivity contribution is 6.38. The molecule has 6 rings (SSSR count). The number of carbonyl (C=O) groups is 2. The Kier molecular flexibility index (Phi) is 11.7. The molecule has 0 saturated carbocycles. The Morgan fingerprint density at radius 2 is 1.28 bits per heavy atom. The fourth-order valence-electron chi connectivity index (χ4n) is 8.28. The molecule has 1 aliphatic rings. The number of hydrogen-bond acceptors (Lipinski definition) is 9. The lowest BCUT2D eigenvalue weighted by molar-refractivity contribution is -0.872. The largest absolute Gasteiger partial charge is 0.507 e. The molecule has 0 aromatic heterocycles. The Labute approximate surface area is 332 Å². The van der Waals surface area contributed by atoms with Crippen molar-refractivity contribution in [1.82, 2.24) is 10.6 Å². The monoisotopic (exact) mass is 783 g/mol. The Morgan fingerprint density at radius 3 is 1.82 bits per heavy atom. The summed E-state index contributed by atoms with van der Waals surface area (Å²) in [5.41, 5.74) is 3.32. The Bertz CT molecular complexity index is 2530. The molecule has 0 unspecified atom stereocenters. The molecule has 0 aliphatic heterocycles. The van der Waals surface area contributed by atoms with Crippen LogP contribution in [-0.4, -0.2) is 105 Å². The van der Waals surface area contributed by atoms with E-state index in [2.05, 4.69) is 16.0 Å². The third kappa shape index (κ3) is 8.07. The number of fused-ring (bicyclic) bond motifs is 1. The summed E-state index contributed by atoms with van der Waals surface area (Å²) in [5.74, 6) is 0.173. The number of hydrogen-bond donors (Lipinski definition) is 6. The van der Waals surface area contributed by atoms with Crippen LogP contribution in [0.5, 0.6) is 11.5 Å². The maximum absolute atomic E-state index is 14.3. The molecule has 2 amide bonds. The van der Waals surface area contributed by atoms with Gasteiger partial charge in [-0.2, -0.15) is 0 Å². The van der Waals surface area contributed by atoms with E-state index in [0.29, 0.717) is 139 Å². The number of allylic oxidation sites excluding steroid dienone is 1. The third-order valence-electron chi connectivity index (χ3n) is 10.8. The number of benzene rings is 5. The maximum atomic E-state index is 14.3. The molecule has 304 valence electrons. The number of carbonyl (C=O) groups excluding carboxylic acids is 2. The number of aliphatic hydroxyl groups excluding tert-OH is 2. The average molecular weight is 784 g/mol. The molecule has 0 radical (unpaired) electrons. The first-order valence-electron chi connectivity index (χ1n) is 19.6. The first kappa shape index (κ1) is 41.6. The van der Waals surface area contributed by atoms with Crippen molar-refractivity contribution in [3.8, 4) is 11.5 Å². The summed E-state index contributed by atoms with van der Waals surface area (Å²) < 4.78 is 7.36. The first-order chi connectivity index (χ1) is 26.9. The summed E-state index contributed by atoms with van der Waals surface area (Å²) in [5, 5.41) is 46.9. The van der Waals surface area contributed by atoms with E-state index in [1.165, 1.54) is 12.1 Å². The highest BCUT2D eigenvalue weighted by atomic mass is 16.5. The lowest BCUT2D eigenvalue weighted by Gasteiger charge is -2.25. The van der Waals surface area contributed by atoms with Gasteiger partial charge in [0, 0.05) is 41.3 Å². The smallest absolute Gasteiger partial charge is 0.224 e. The number of quaternary nitrogens is 2. The van der Waals surface area contributed by atoms with E-state index in [1.807, 2.05) is 55.3 Å². The Balaban J connectivity index is 1.59. The quantitative estimate of drug-likeness (QED) is 0.0268. The standard InChI is InChI=1S/C44H55N5O8/c1-24-16-28-27(12-9-10-13-32(54)46-22-48(2,3)4)43(56)39-31(53)19-26(21-51)35-34-25(20-50)18-30(52)38-40(34)37(36(28)41(35)39)29(17-24)44(57-8)42(38)45-15-11-14-33(55)47-23-49(5,6)7/h16,18-19,50-51H,9-15,17,20-23H2,1-8H3,(H2-2,45,46,47,52,53,54,55,56)/p+2. The van der Waals surface area contributed by atoms with Gasteiger partial charge >= 0.3 is 0 Å². The fraction of sp³-hybridized carbons (Fsp3) is 0.455. The normalized spacial score (nSPS) is 13.2. The van der Waals surface area contributed by atoms with Gasteiger partial charge in [-0.25, -0.2) is 0 Å². The van der Waals surface area contributed by atoms with Crippen molar-refractivity contribution in [1.29, 1.82) is 0 Å². The van der Waals surface area contributed by atoms with Gasteiger partial charge in [0.05, 0.1) is 79.1 Å². The number of anilines is 1. The summed E-state index contributed by atoms with van der Waals surface area (Å²) >= 11 is 0. The lowest BCUT2D eigenvalue weighted by Crippen LogP contribution is -2.45. The van der Waals surface area contributed by atoms with Crippen molar-refractivity contribution in [3.63, 3.8) is 0 Å². The van der Waals surface area contributed by atoms with E-state index in [-0.39, 0.29) is 34.8 Å². The van der Waals surface area contributed by atoms with Gasteiger partial charge in [0.25, 0.3) is 0 Å². The highest BCUT2D eigenvalue weighted by Crippen LogP contribution is 2.53. The summed E-state index contributed by atoms with van der Waals surface area (Å²) in [6.45, 7) is 2.36. The van der Waals surface area contributed by atoms with Crippen molar-refractivity contribution in [2.24, 2.45) is 0 Å². The number of aliphatic hydroxyl groups is 2. The van der Waals surface area contributed by atoms with Crippen molar-refractivity contribution in [2.75, 3.05) is 74.6 Å². The van der Waals surface area contributed by atoms with E-state index in [4.69, 9.17) is 4.74 Å². The van der Waals surface area contributed by atoms with Crippen LogP contribution < -0.4 is 31.5 Å². The molecule has 5 aromatic carbocycles. The molecule has 0 fully saturated rings. The van der Waals surface area contributed by atoms with Gasteiger partial charge in [-0.3, -0.25) is 19.2 Å². The van der Waals surface area contributed by atoms with Crippen LogP contribution in [0.1, 0.15) is 66.8 Å². The predicted octanol–water partition coefficient (Wildman–Crippen LogP) is 4.02. The molecule has 57 heavy (non-hydrogen) atoms. The molecule has 0 atom stereocenters. The van der Waals surface area contributed by atoms with Gasteiger partial charge in [0.2, 0.25) is 11.8 Å². The minimum Gasteiger partial charge on any atom is -0.507 e. The van der Waals surface area contributed by atoms with Gasteiger partial charge < -0.3 is 45.0 Å². The van der Waals surface area contributed by atoms with E-state index >= 15 is 0 Å². The number of phenolic OH excluding ortho intramolecular Hbond substituents is 1. The molecule has 6 N–H and O–H groups in total. The molecular formula is C44H57N5O8+2. The molecule has 1 aliphatic carbocycles. The first-order valence-corrected chi connectivity index (χ1v) is 19.6. The zero-order chi connectivity index (χ0) is 41.6. The zero-order valence-corrected chi connectivity index (χ0v) is 34.5. The van der Waals surface area contributed by atoms with E-state index in [0.717, 1.165) is 11.1 Å². The fourth-order valence-corrected chi connectivity index (χ4v) is 8.28. The van der Waals surface area contributed by atoms with E-state index in [9.17, 15) is 34.5 Å². The molecule has 13 nitrogen and oxygen atoms in total. The van der Waals surface area contributed by atoms with Crippen LogP contribution in [0.2, 0.25) is 0 Å². The van der Waals surface area contributed by atoms with Gasteiger partial charge in [-0.15, -0.1) is 0 Å². The van der Waals surface area contributed by atoms with Crippen LogP contribution >= 0.6 is 0 Å². The van der Waals surface area contributed by atoms with Crippen LogP contribution in [0.15, 0.2) is 27.3 Å². The topological polar surface area (TPSA) is 174 Å². The number of rotatable bonds is 17. The van der Waals surface area contributed by atoms with Crippen molar-refractivity contribution < 1.29 is 38.6 Å². The minimum atomic E-state index is -0.492. The van der Waals surface area contributed by atoms with E-state index in [1.54, 1.807) is 7.11 Å². The van der Waals surface area contributed by atoms with Gasteiger partial charge in [0.1, 0.15) is 11.5 Å². The number of unbranched alkanes of at least 4 members (excludes halogenated alkanes) is 1. The number of methoxy groups -OCH3 is 1. The Morgan fingerprint density at radius 1 is 0.737 bits per heavy atom. The number of ether oxygens (including phenoxy) is 1. The van der Waals surface area contributed by atoms with Crippen LogP contribution in [0, 0.1) is 0 Å². The highest BCUT2D eigenvalue weighted by Gasteiger charge is 2.32. The summed E-state index contributed by atoms with van der Waals surface area (Å²) in [7, 11) is 13.5. The van der Waals surface area contributed by atoms with Crippen LogP contribution in [0.4, 0.5) is 5.69 Å². The van der Waals surface area contributed by atoms with Gasteiger partial charge in [-0.1, -0.05) is 11.6 Å². The number of nitrogens with zero attached hydrogens (tertiary/aromatic N) is 2. The summed E-state index contributed by atoms with van der Waals surface area (Å²) in [6, 6.07) is 2.72. The van der Waals surface area contributed by atoms with Crippen LogP contribution in [-0.2, 0) is 35.6 Å². The summed E-state index contributed by atoms with van der Waals surface area (Å²) in [6.07, 6.45) is 4.98. The van der Waals surface area contributed by atoms with E-state index < -0.39 is 18.6 Å². The van der Waals surface area contributed by atoms with Crippen LogP contribution in [0.3, 0.4) is 0 Å². The minimum absolute atomic E-state index is 0.0570. The predicted molar refractivity (Wildman–Crippen MR) is 226 cm³/mol. The number of amides is 2. The average Bonchev–Trinajstić information content (AvgIpc) is 3.29. The second-order valence-electron chi connectivity index (χ2n) is 17.5. The van der Waals surface area contributed by atoms with Crippen molar-refractivity contribution >= 4 is 66.7 Å². The molecule has 5 aromatic rings. The zero-order valence-electron chi connectivity index (χ0n) is 34.5. The third-order valence-corrected chi connectivity index (χ3v) is 10.8. The molecule has 13 heteroatoms. The van der Waals surface area contributed by atoms with Gasteiger partial charge in [-0.05, 0) is 89.4 Å². The molecule has 0 spiro atoms. The SMILES string of the molecule is COc1c(NCCCC(=O)NC[N+](C)(C)C)c2c(=O)cc(CO)c3c4c(CO)cc(=O)c5c(O)c(CCCCC(=O)NC[N+](C)(C)C)c6c(c(c1CC(C)=C6)c23)c54. The molecule has 0 heterocycles. The molecule has 0 saturated heterocycles. The van der Waals surface area contributed by atoms with Crippen molar-refractivity contribution in [2.45, 2.75) is 65.1 Å². The number of nitrogens with one attached hydrogen (secondary N) is 3. The number of phenols is 1. The second-order valence-corrected chi connectivity index (χ2v) is 17.5. The molecule has 0 bridgehead atoms. The number of aromatic hydroxyl groups is 1. The Hall–Kier alpha value is -5.08.